The van der Waals surface area contributed by atoms with E-state index in [1.807, 2.05) is 35.5 Å². The second kappa shape index (κ2) is 6.94. The third-order valence-corrected chi connectivity index (χ3v) is 5.30. The molecular formula is C20H24N4O2. The van der Waals surface area contributed by atoms with Crippen LogP contribution in [0.3, 0.4) is 0 Å². The fourth-order valence-electron chi connectivity index (χ4n) is 3.57. The summed E-state index contributed by atoms with van der Waals surface area (Å²) in [4.78, 5) is 23.3. The quantitative estimate of drug-likeness (QED) is 0.920. The van der Waals surface area contributed by atoms with E-state index in [1.54, 1.807) is 6.20 Å². The van der Waals surface area contributed by atoms with Gasteiger partial charge in [-0.15, -0.1) is 0 Å². The number of aromatic nitrogens is 2. The number of carbonyl (C=O) groups excluding carboxylic acids is 1. The lowest BCUT2D eigenvalue weighted by Gasteiger charge is -2.29. The number of likely N-dealkylation sites (tertiary alicyclic amines) is 1. The zero-order valence-corrected chi connectivity index (χ0v) is 15.2. The van der Waals surface area contributed by atoms with E-state index in [-0.39, 0.29) is 11.9 Å². The molecule has 1 fully saturated rings. The summed E-state index contributed by atoms with van der Waals surface area (Å²) >= 11 is 0. The van der Waals surface area contributed by atoms with E-state index in [9.17, 15) is 4.79 Å². The van der Waals surface area contributed by atoms with Gasteiger partial charge in [0.1, 0.15) is 6.61 Å². The SMILES string of the molecule is CC(C)[C@H]1COc2cc(C(=O)N3CCC(c4ccncc4)C3)cnc2N1. The van der Waals surface area contributed by atoms with Crippen LogP contribution in [0.2, 0.25) is 0 Å². The van der Waals surface area contributed by atoms with E-state index in [0.717, 1.165) is 25.3 Å². The average molecular weight is 352 g/mol. The van der Waals surface area contributed by atoms with Crippen LogP contribution in [0.15, 0.2) is 36.8 Å². The van der Waals surface area contributed by atoms with Crippen molar-refractivity contribution in [2.75, 3.05) is 25.0 Å². The van der Waals surface area contributed by atoms with Gasteiger partial charge in [-0.3, -0.25) is 9.78 Å². The van der Waals surface area contributed by atoms with E-state index >= 15 is 0 Å². The number of nitrogens with one attached hydrogen (secondary N) is 1. The summed E-state index contributed by atoms with van der Waals surface area (Å²) in [5.41, 5.74) is 1.83. The number of nitrogens with zero attached hydrogens (tertiary/aromatic N) is 3. The van der Waals surface area contributed by atoms with Crippen molar-refractivity contribution < 1.29 is 9.53 Å². The molecule has 2 aliphatic rings. The van der Waals surface area contributed by atoms with E-state index in [4.69, 9.17) is 4.74 Å². The Morgan fingerprint density at radius 2 is 2.15 bits per heavy atom. The standard InChI is InChI=1S/C20H24N4O2/c1-13(2)17-12-26-18-9-16(10-22-19(18)23-17)20(25)24-8-5-15(11-24)14-3-6-21-7-4-14/h3-4,6-7,9-10,13,15,17H,5,8,11-12H2,1-2H3,(H,22,23)/t15?,17-/m1/s1. The van der Waals surface area contributed by atoms with Crippen LogP contribution in [0.25, 0.3) is 0 Å². The van der Waals surface area contributed by atoms with Crippen LogP contribution in [0.4, 0.5) is 5.82 Å². The summed E-state index contributed by atoms with van der Waals surface area (Å²) in [6.45, 7) is 6.39. The molecule has 0 radical (unpaired) electrons. The van der Waals surface area contributed by atoms with Gasteiger partial charge in [-0.1, -0.05) is 13.8 Å². The smallest absolute Gasteiger partial charge is 0.255 e. The van der Waals surface area contributed by atoms with Gasteiger partial charge in [0.15, 0.2) is 11.6 Å². The van der Waals surface area contributed by atoms with Crippen LogP contribution in [-0.2, 0) is 0 Å². The van der Waals surface area contributed by atoms with Gasteiger partial charge in [-0.2, -0.15) is 0 Å². The normalized spacial score (nSPS) is 21.9. The van der Waals surface area contributed by atoms with Crippen molar-refractivity contribution in [1.29, 1.82) is 0 Å². The van der Waals surface area contributed by atoms with Gasteiger partial charge >= 0.3 is 0 Å². The van der Waals surface area contributed by atoms with Crippen molar-refractivity contribution in [3.05, 3.63) is 47.9 Å². The molecule has 136 valence electrons. The van der Waals surface area contributed by atoms with Gasteiger partial charge in [-0.25, -0.2) is 4.98 Å². The predicted octanol–water partition coefficient (Wildman–Crippen LogP) is 2.94. The molecule has 2 aliphatic heterocycles. The minimum absolute atomic E-state index is 0.0199. The summed E-state index contributed by atoms with van der Waals surface area (Å²) in [6, 6.07) is 6.12. The average Bonchev–Trinajstić information content (AvgIpc) is 3.17. The van der Waals surface area contributed by atoms with Crippen LogP contribution in [-0.4, -0.2) is 46.5 Å². The Hall–Kier alpha value is -2.63. The van der Waals surface area contributed by atoms with Crippen molar-refractivity contribution in [2.45, 2.75) is 32.2 Å². The second-order valence-electron chi connectivity index (χ2n) is 7.39. The Bertz CT molecular complexity index is 794. The van der Waals surface area contributed by atoms with Crippen molar-refractivity contribution >= 4 is 11.7 Å². The second-order valence-corrected chi connectivity index (χ2v) is 7.39. The monoisotopic (exact) mass is 352 g/mol. The highest BCUT2D eigenvalue weighted by atomic mass is 16.5. The highest BCUT2D eigenvalue weighted by molar-refractivity contribution is 5.95. The molecule has 2 aromatic heterocycles. The van der Waals surface area contributed by atoms with Crippen molar-refractivity contribution in [3.63, 3.8) is 0 Å². The topological polar surface area (TPSA) is 67.3 Å². The Labute approximate surface area is 153 Å². The van der Waals surface area contributed by atoms with Gasteiger partial charge in [0.2, 0.25) is 0 Å². The summed E-state index contributed by atoms with van der Waals surface area (Å²) in [7, 11) is 0. The highest BCUT2D eigenvalue weighted by Gasteiger charge is 2.29. The third kappa shape index (κ3) is 3.23. The van der Waals surface area contributed by atoms with Crippen molar-refractivity contribution in [3.8, 4) is 5.75 Å². The van der Waals surface area contributed by atoms with Crippen LogP contribution >= 0.6 is 0 Å². The maximum Gasteiger partial charge on any atom is 0.255 e. The third-order valence-electron chi connectivity index (χ3n) is 5.30. The van der Waals surface area contributed by atoms with E-state index < -0.39 is 0 Å². The lowest BCUT2D eigenvalue weighted by Crippen LogP contribution is -2.36. The van der Waals surface area contributed by atoms with Gasteiger partial charge in [0, 0.05) is 37.6 Å². The first-order chi connectivity index (χ1) is 12.6. The number of pyridine rings is 2. The first-order valence-corrected chi connectivity index (χ1v) is 9.20. The first kappa shape index (κ1) is 16.8. The summed E-state index contributed by atoms with van der Waals surface area (Å²) in [5, 5.41) is 3.39. The number of ether oxygens (including phenoxy) is 1. The number of amides is 1. The molecule has 2 aromatic rings. The molecule has 1 unspecified atom stereocenters. The van der Waals surface area contributed by atoms with Gasteiger partial charge < -0.3 is 15.0 Å². The molecule has 6 nitrogen and oxygen atoms in total. The maximum atomic E-state index is 12.9. The zero-order chi connectivity index (χ0) is 18.1. The van der Waals surface area contributed by atoms with Gasteiger partial charge in [0.05, 0.1) is 11.6 Å². The molecule has 4 rings (SSSR count). The summed E-state index contributed by atoms with van der Waals surface area (Å²) < 4.78 is 5.84. The first-order valence-electron chi connectivity index (χ1n) is 9.20. The molecule has 1 amide bonds. The van der Waals surface area contributed by atoms with E-state index in [0.29, 0.717) is 29.8 Å². The molecule has 0 spiro atoms. The lowest BCUT2D eigenvalue weighted by atomic mass is 10.00. The molecule has 0 bridgehead atoms. The minimum Gasteiger partial charge on any atom is -0.488 e. The zero-order valence-electron chi connectivity index (χ0n) is 15.2. The molecule has 4 heterocycles. The Balaban J connectivity index is 1.46. The van der Waals surface area contributed by atoms with Gasteiger partial charge in [-0.05, 0) is 36.1 Å². The molecule has 26 heavy (non-hydrogen) atoms. The van der Waals surface area contributed by atoms with Crippen LogP contribution in [0.1, 0.15) is 42.1 Å². The van der Waals surface area contributed by atoms with E-state index in [2.05, 4.69) is 29.1 Å². The fraction of sp³-hybridized carbons (Fsp3) is 0.450. The maximum absolute atomic E-state index is 12.9. The number of hydrogen-bond acceptors (Lipinski definition) is 5. The van der Waals surface area contributed by atoms with Crippen molar-refractivity contribution in [2.24, 2.45) is 5.92 Å². The molecular weight excluding hydrogens is 328 g/mol. The van der Waals surface area contributed by atoms with E-state index in [1.165, 1.54) is 5.56 Å². The molecule has 0 aliphatic carbocycles. The number of hydrogen-bond donors (Lipinski definition) is 1. The Morgan fingerprint density at radius 1 is 1.35 bits per heavy atom. The highest BCUT2D eigenvalue weighted by Crippen LogP contribution is 2.31. The summed E-state index contributed by atoms with van der Waals surface area (Å²) in [6.07, 6.45) is 6.24. The predicted molar refractivity (Wildman–Crippen MR) is 99.5 cm³/mol. The van der Waals surface area contributed by atoms with Crippen LogP contribution in [0.5, 0.6) is 5.75 Å². The molecule has 1 saturated heterocycles. The fourth-order valence-corrected chi connectivity index (χ4v) is 3.57. The molecule has 0 saturated carbocycles. The van der Waals surface area contributed by atoms with Gasteiger partial charge in [0.25, 0.3) is 5.91 Å². The minimum atomic E-state index is 0.0199. The van der Waals surface area contributed by atoms with Crippen molar-refractivity contribution in [1.82, 2.24) is 14.9 Å². The summed E-state index contributed by atoms with van der Waals surface area (Å²) in [5.74, 6) is 2.24. The Morgan fingerprint density at radius 3 is 2.92 bits per heavy atom. The Kier molecular flexibility index (Phi) is 4.49. The number of carbonyl (C=O) groups is 1. The van der Waals surface area contributed by atoms with Crippen LogP contribution in [0, 0.1) is 5.92 Å². The molecule has 2 atom stereocenters. The molecule has 1 N–H and O–H groups in total. The lowest BCUT2D eigenvalue weighted by molar-refractivity contribution is 0.0789. The largest absolute Gasteiger partial charge is 0.488 e. The van der Waals surface area contributed by atoms with Crippen LogP contribution < -0.4 is 10.1 Å². The number of anilines is 1. The number of rotatable bonds is 3. The molecule has 6 heteroatoms. The number of fused-ring (bicyclic) bond motifs is 1. The molecule has 0 aromatic carbocycles.